The molecule has 1 aromatic heterocycles. The van der Waals surface area contributed by atoms with Gasteiger partial charge in [0.25, 0.3) is 0 Å². The van der Waals surface area contributed by atoms with E-state index in [1.54, 1.807) is 9.91 Å². The van der Waals surface area contributed by atoms with Crippen LogP contribution in [-0.4, -0.2) is 34.2 Å². The van der Waals surface area contributed by atoms with E-state index in [9.17, 15) is 4.79 Å². The fraction of sp³-hybridized carbons (Fsp3) is 0.500. The van der Waals surface area contributed by atoms with Gasteiger partial charge in [-0.05, 0) is 17.9 Å². The van der Waals surface area contributed by atoms with Crippen molar-refractivity contribution in [2.45, 2.75) is 6.92 Å². The second-order valence-electron chi connectivity index (χ2n) is 2.42. The molecule has 0 radical (unpaired) electrons. The average molecular weight is 186 g/mol. The summed E-state index contributed by atoms with van der Waals surface area (Å²) in [6.07, 6.45) is 0. The van der Waals surface area contributed by atoms with E-state index in [1.165, 1.54) is 0 Å². The zero-order valence-corrected chi connectivity index (χ0v) is 7.97. The fourth-order valence-corrected chi connectivity index (χ4v) is 1.50. The van der Waals surface area contributed by atoms with Gasteiger partial charge in [-0.25, -0.2) is 9.47 Å². The van der Waals surface area contributed by atoms with E-state index in [2.05, 4.69) is 10.2 Å². The van der Waals surface area contributed by atoms with Crippen molar-refractivity contribution in [1.82, 2.24) is 14.9 Å². The van der Waals surface area contributed by atoms with Gasteiger partial charge in [-0.1, -0.05) is 0 Å². The molecule has 1 aromatic rings. The van der Waals surface area contributed by atoms with Crippen LogP contribution in [0.5, 0.6) is 0 Å². The maximum Gasteiger partial charge on any atom is 0.215 e. The van der Waals surface area contributed by atoms with Crippen molar-refractivity contribution in [1.29, 1.82) is 0 Å². The number of aryl methyl sites for hydroxylation is 1. The SMILES string of the molecule is Cc1n[nH]c(=S=C=O)n1N(C)C. The summed E-state index contributed by atoms with van der Waals surface area (Å²) in [4.78, 5) is 10.1. The molecule has 0 unspecified atom stereocenters. The lowest BCUT2D eigenvalue weighted by Gasteiger charge is -2.13. The molecule has 0 bridgehead atoms. The highest BCUT2D eigenvalue weighted by molar-refractivity contribution is 7.88. The largest absolute Gasteiger partial charge is 0.315 e. The molecule has 12 heavy (non-hydrogen) atoms. The number of rotatable bonds is 1. The van der Waals surface area contributed by atoms with Crippen LogP contribution >= 0.6 is 10.9 Å². The van der Waals surface area contributed by atoms with Crippen molar-refractivity contribution < 1.29 is 4.79 Å². The van der Waals surface area contributed by atoms with Gasteiger partial charge >= 0.3 is 0 Å². The molecule has 0 spiro atoms. The molecule has 0 aliphatic rings. The van der Waals surface area contributed by atoms with Crippen molar-refractivity contribution in [3.63, 3.8) is 0 Å². The number of aromatic amines is 1. The third-order valence-corrected chi connectivity index (χ3v) is 1.89. The lowest BCUT2D eigenvalue weighted by molar-refractivity contribution is 0.572. The van der Waals surface area contributed by atoms with Crippen molar-refractivity contribution >= 4 is 16.2 Å². The van der Waals surface area contributed by atoms with Crippen LogP contribution in [-0.2, 0) is 4.79 Å². The third kappa shape index (κ3) is 1.49. The van der Waals surface area contributed by atoms with E-state index in [0.29, 0.717) is 4.77 Å². The average Bonchev–Trinajstić information content (AvgIpc) is 2.32. The van der Waals surface area contributed by atoms with E-state index in [0.717, 1.165) is 16.8 Å². The van der Waals surface area contributed by atoms with Crippen molar-refractivity contribution in [3.8, 4) is 0 Å². The normalized spacial score (nSPS) is 9.25. The van der Waals surface area contributed by atoms with Gasteiger partial charge in [0, 0.05) is 14.1 Å². The Balaban J connectivity index is 3.53. The highest BCUT2D eigenvalue weighted by Gasteiger charge is 2.00. The van der Waals surface area contributed by atoms with Crippen LogP contribution in [0.4, 0.5) is 0 Å². The molecule has 0 saturated heterocycles. The Morgan fingerprint density at radius 1 is 1.67 bits per heavy atom. The van der Waals surface area contributed by atoms with Crippen LogP contribution in [0, 0.1) is 11.7 Å². The molecular weight excluding hydrogens is 176 g/mol. The van der Waals surface area contributed by atoms with Crippen molar-refractivity contribution in [2.24, 2.45) is 0 Å². The first-order valence-electron chi connectivity index (χ1n) is 3.35. The van der Waals surface area contributed by atoms with Crippen LogP contribution in [0.2, 0.25) is 0 Å². The molecular formula is C6H10N4OS. The first-order chi connectivity index (χ1) is 5.66. The van der Waals surface area contributed by atoms with Gasteiger partial charge in [0.1, 0.15) is 5.82 Å². The minimum Gasteiger partial charge on any atom is -0.315 e. The van der Waals surface area contributed by atoms with Gasteiger partial charge in [-0.2, -0.15) is 5.10 Å². The van der Waals surface area contributed by atoms with E-state index in [-0.39, 0.29) is 0 Å². The summed E-state index contributed by atoms with van der Waals surface area (Å²) in [5, 5.41) is 10.3. The molecule has 0 aromatic carbocycles. The fourth-order valence-electron chi connectivity index (χ4n) is 0.947. The predicted molar refractivity (Wildman–Crippen MR) is 47.9 cm³/mol. The van der Waals surface area contributed by atoms with Gasteiger partial charge in [-0.3, -0.25) is 5.10 Å². The molecule has 0 amide bonds. The summed E-state index contributed by atoms with van der Waals surface area (Å²) >= 11 is 0. The highest BCUT2D eigenvalue weighted by atomic mass is 32.1. The van der Waals surface area contributed by atoms with Crippen molar-refractivity contribution in [2.75, 3.05) is 19.1 Å². The maximum atomic E-state index is 10.1. The number of nitrogens with zero attached hydrogens (tertiary/aromatic N) is 3. The van der Waals surface area contributed by atoms with Crippen LogP contribution < -0.4 is 5.01 Å². The Kier molecular flexibility index (Phi) is 2.52. The number of carbonyl (C=O) groups excluding carboxylic acids is 1. The molecule has 5 nitrogen and oxygen atoms in total. The summed E-state index contributed by atoms with van der Waals surface area (Å²) in [7, 11) is 4.69. The number of H-pyrrole nitrogens is 1. The van der Waals surface area contributed by atoms with E-state index >= 15 is 0 Å². The molecule has 6 heteroatoms. The summed E-state index contributed by atoms with van der Waals surface area (Å²) in [5.74, 6) is 0.803. The van der Waals surface area contributed by atoms with Gasteiger partial charge < -0.3 is 5.01 Å². The number of hydrogen-bond acceptors (Lipinski definition) is 3. The summed E-state index contributed by atoms with van der Waals surface area (Å²) < 4.78 is 2.45. The first kappa shape index (κ1) is 8.83. The Hall–Kier alpha value is -1.26. The monoisotopic (exact) mass is 186 g/mol. The summed E-state index contributed by atoms with van der Waals surface area (Å²) in [5.41, 5.74) is 0. The molecule has 0 saturated carbocycles. The topological polar surface area (TPSA) is 53.9 Å². The van der Waals surface area contributed by atoms with Gasteiger partial charge in [0.05, 0.1) is 0 Å². The molecule has 1 heterocycles. The van der Waals surface area contributed by atoms with Gasteiger partial charge in [0.2, 0.25) is 4.77 Å². The maximum absolute atomic E-state index is 10.1. The van der Waals surface area contributed by atoms with Crippen molar-refractivity contribution in [3.05, 3.63) is 10.6 Å². The second kappa shape index (κ2) is 3.42. The highest BCUT2D eigenvalue weighted by Crippen LogP contribution is 1.94. The first-order valence-corrected chi connectivity index (χ1v) is 4.17. The lowest BCUT2D eigenvalue weighted by atomic mass is 10.7. The molecule has 0 aliphatic carbocycles. The van der Waals surface area contributed by atoms with Crippen LogP contribution in [0.25, 0.3) is 0 Å². The smallest absolute Gasteiger partial charge is 0.215 e. The van der Waals surface area contributed by atoms with Crippen LogP contribution in [0.3, 0.4) is 0 Å². The molecule has 0 atom stereocenters. The van der Waals surface area contributed by atoms with Gasteiger partial charge in [-0.15, -0.1) is 0 Å². The molecule has 0 aliphatic heterocycles. The quantitative estimate of drug-likeness (QED) is 0.630. The lowest BCUT2D eigenvalue weighted by Crippen LogP contribution is -2.26. The van der Waals surface area contributed by atoms with Crippen LogP contribution in [0.15, 0.2) is 0 Å². The molecule has 1 rings (SSSR count). The number of aromatic nitrogens is 3. The molecule has 66 valence electrons. The minimum absolute atomic E-state index is 0.660. The van der Waals surface area contributed by atoms with E-state index < -0.39 is 0 Å². The summed E-state index contributed by atoms with van der Waals surface area (Å²) in [6, 6.07) is 0. The Labute approximate surface area is 73.1 Å². The third-order valence-electron chi connectivity index (χ3n) is 1.35. The van der Waals surface area contributed by atoms with Gasteiger partial charge in [0.15, 0.2) is 5.23 Å². The second-order valence-corrected chi connectivity index (χ2v) is 3.18. The Bertz CT molecular complexity index is 392. The summed E-state index contributed by atoms with van der Waals surface area (Å²) in [6.45, 7) is 1.85. The Morgan fingerprint density at radius 3 is 2.83 bits per heavy atom. The van der Waals surface area contributed by atoms with E-state index in [1.807, 2.05) is 26.0 Å². The zero-order chi connectivity index (χ0) is 9.14. The number of nitrogens with one attached hydrogen (secondary N) is 1. The minimum atomic E-state index is 0.660. The number of hydrogen-bond donors (Lipinski definition) is 1. The predicted octanol–water partition coefficient (Wildman–Crippen LogP) is 0.0496. The Morgan fingerprint density at radius 2 is 2.33 bits per heavy atom. The van der Waals surface area contributed by atoms with E-state index in [4.69, 9.17) is 0 Å². The molecule has 1 N–H and O–H groups in total. The van der Waals surface area contributed by atoms with Crippen LogP contribution in [0.1, 0.15) is 5.82 Å². The zero-order valence-electron chi connectivity index (χ0n) is 7.16. The standard InChI is InChI=1S/C6H10N4OS/c1-5-7-8-6(12-4-11)10(5)9(2)3/h8H,1-3H3. The molecule has 0 fully saturated rings.